The van der Waals surface area contributed by atoms with E-state index < -0.39 is 7.82 Å². The number of ether oxygens (including phenoxy) is 1. The van der Waals surface area contributed by atoms with Crippen LogP contribution < -0.4 is 4.89 Å². The molecule has 7 nitrogen and oxygen atoms in total. The fourth-order valence-electron chi connectivity index (χ4n) is 2.55. The molecule has 29 heavy (non-hydrogen) atoms. The van der Waals surface area contributed by atoms with Crippen LogP contribution in [0, 0.1) is 0 Å². The maximum atomic E-state index is 11.6. The summed E-state index contributed by atoms with van der Waals surface area (Å²) in [5, 5.41) is 0. The molecule has 1 atom stereocenters. The molecule has 0 rings (SSSR count). The molecule has 0 amide bonds. The van der Waals surface area contributed by atoms with Gasteiger partial charge in [-0.1, -0.05) is 57.9 Å². The molecule has 0 saturated carbocycles. The molecule has 0 saturated heterocycles. The number of hydrogen-bond acceptors (Lipinski definition) is 6. The Balaban J connectivity index is 3.38. The molecule has 0 aliphatic rings. The molecule has 8 heteroatoms. The third kappa shape index (κ3) is 20.3. The molecule has 1 unspecified atom stereocenters. The maximum Gasteiger partial charge on any atom is 0.333 e. The quantitative estimate of drug-likeness (QED) is 0.0993. The SMILES string of the molecule is C=C(C)C(=O)OCCCCCCCCCCCCOP(=O)([O-])OCC[N+](C)(C)C. The number of unbranched alkanes of at least 4 members (excludes halogenated alkanes) is 9. The van der Waals surface area contributed by atoms with Gasteiger partial charge in [0.25, 0.3) is 7.82 Å². The Morgan fingerprint density at radius 1 is 0.828 bits per heavy atom. The van der Waals surface area contributed by atoms with E-state index in [1.54, 1.807) is 6.92 Å². The maximum absolute atomic E-state index is 11.6. The van der Waals surface area contributed by atoms with E-state index in [0.29, 0.717) is 23.2 Å². The Labute approximate surface area is 177 Å². The van der Waals surface area contributed by atoms with Gasteiger partial charge in [-0.05, 0) is 19.8 Å². The van der Waals surface area contributed by atoms with Crippen LogP contribution in [-0.2, 0) is 23.1 Å². The Morgan fingerprint density at radius 3 is 1.69 bits per heavy atom. The Bertz CT molecular complexity index is 504. The van der Waals surface area contributed by atoms with Gasteiger partial charge in [-0.2, -0.15) is 0 Å². The highest BCUT2D eigenvalue weighted by molar-refractivity contribution is 7.45. The lowest BCUT2D eigenvalue weighted by molar-refractivity contribution is -0.870. The topological polar surface area (TPSA) is 84.9 Å². The molecule has 0 N–H and O–H groups in total. The predicted octanol–water partition coefficient (Wildman–Crippen LogP) is 4.21. The summed E-state index contributed by atoms with van der Waals surface area (Å²) in [5.74, 6) is -0.305. The smallest absolute Gasteiger partial charge is 0.333 e. The molecular formula is C21H42NO6P. The first kappa shape index (κ1) is 28.3. The van der Waals surface area contributed by atoms with E-state index in [1.807, 2.05) is 21.1 Å². The zero-order valence-electron chi connectivity index (χ0n) is 19.0. The molecule has 0 aromatic carbocycles. The van der Waals surface area contributed by atoms with Gasteiger partial charge in [-0.25, -0.2) is 4.79 Å². The Kier molecular flexibility index (Phi) is 15.6. The molecule has 0 heterocycles. The van der Waals surface area contributed by atoms with Crippen LogP contribution in [0.4, 0.5) is 0 Å². The average Bonchev–Trinajstić information content (AvgIpc) is 2.60. The fraction of sp³-hybridized carbons (Fsp3) is 0.857. The third-order valence-electron chi connectivity index (χ3n) is 4.38. The monoisotopic (exact) mass is 435 g/mol. The zero-order valence-corrected chi connectivity index (χ0v) is 19.8. The number of rotatable bonds is 19. The van der Waals surface area contributed by atoms with Crippen LogP contribution in [0.2, 0.25) is 0 Å². The lowest BCUT2D eigenvalue weighted by Crippen LogP contribution is -2.37. The van der Waals surface area contributed by atoms with Gasteiger partial charge >= 0.3 is 5.97 Å². The molecule has 0 fully saturated rings. The van der Waals surface area contributed by atoms with Crippen molar-refractivity contribution in [3.8, 4) is 0 Å². The minimum Gasteiger partial charge on any atom is -0.756 e. The molecule has 0 aliphatic heterocycles. The molecule has 172 valence electrons. The number of hydrogen-bond donors (Lipinski definition) is 0. The van der Waals surface area contributed by atoms with Crippen LogP contribution in [0.15, 0.2) is 12.2 Å². The summed E-state index contributed by atoms with van der Waals surface area (Å²) < 4.78 is 27.1. The van der Waals surface area contributed by atoms with Crippen LogP contribution in [0.5, 0.6) is 0 Å². The van der Waals surface area contributed by atoms with Crippen LogP contribution in [-0.4, -0.2) is 58.0 Å². The number of phosphoric acid groups is 1. The molecule has 0 spiro atoms. The second-order valence-electron chi connectivity index (χ2n) is 8.58. The van der Waals surface area contributed by atoms with Crippen molar-refractivity contribution in [3.05, 3.63) is 12.2 Å². The van der Waals surface area contributed by atoms with Gasteiger partial charge in [0.15, 0.2) is 0 Å². The van der Waals surface area contributed by atoms with Gasteiger partial charge in [0, 0.05) is 5.57 Å². The molecule has 0 bridgehead atoms. The van der Waals surface area contributed by atoms with Crippen molar-refractivity contribution < 1.29 is 32.5 Å². The lowest BCUT2D eigenvalue weighted by atomic mass is 10.1. The number of nitrogens with zero attached hydrogens (tertiary/aromatic N) is 1. The van der Waals surface area contributed by atoms with Gasteiger partial charge in [0.05, 0.1) is 34.4 Å². The van der Waals surface area contributed by atoms with Crippen molar-refractivity contribution in [1.82, 2.24) is 0 Å². The van der Waals surface area contributed by atoms with Gasteiger partial charge in [-0.3, -0.25) is 4.57 Å². The third-order valence-corrected chi connectivity index (χ3v) is 5.38. The summed E-state index contributed by atoms with van der Waals surface area (Å²) in [6.07, 6.45) is 10.7. The first-order valence-corrected chi connectivity index (χ1v) is 12.2. The van der Waals surface area contributed by atoms with Crippen molar-refractivity contribution in [3.63, 3.8) is 0 Å². The fourth-order valence-corrected chi connectivity index (χ4v) is 3.28. The minimum absolute atomic E-state index is 0.143. The summed E-state index contributed by atoms with van der Waals surface area (Å²) >= 11 is 0. The summed E-state index contributed by atoms with van der Waals surface area (Å²) in [5.41, 5.74) is 0.447. The minimum atomic E-state index is -4.16. The van der Waals surface area contributed by atoms with Gasteiger partial charge in [-0.15, -0.1) is 0 Å². The number of quaternary nitrogens is 1. The summed E-state index contributed by atoms with van der Waals surface area (Å²) in [6, 6.07) is 0. The number of likely N-dealkylation sites (N-methyl/N-ethyl adjacent to an activating group) is 1. The molecule has 0 aromatic heterocycles. The Morgan fingerprint density at radius 2 is 1.24 bits per heavy atom. The van der Waals surface area contributed by atoms with Gasteiger partial charge in [0.1, 0.15) is 13.2 Å². The zero-order chi connectivity index (χ0) is 22.2. The average molecular weight is 436 g/mol. The highest BCUT2D eigenvalue weighted by Crippen LogP contribution is 2.38. The van der Waals surface area contributed by atoms with Crippen LogP contribution >= 0.6 is 7.82 Å². The van der Waals surface area contributed by atoms with E-state index >= 15 is 0 Å². The van der Waals surface area contributed by atoms with Gasteiger partial charge < -0.3 is 23.2 Å². The van der Waals surface area contributed by atoms with E-state index in [1.165, 1.54) is 19.3 Å². The number of carbonyl (C=O) groups excluding carboxylic acids is 1. The van der Waals surface area contributed by atoms with Crippen molar-refractivity contribution in [1.29, 1.82) is 0 Å². The molecular weight excluding hydrogens is 393 g/mol. The standard InChI is InChI=1S/C21H42NO6P/c1-20(2)21(23)26-17-14-12-10-8-6-7-9-11-13-15-18-27-29(24,25)28-19-16-22(3,4)5/h1,6-19H2,2-5H3. The van der Waals surface area contributed by atoms with Crippen molar-refractivity contribution in [2.24, 2.45) is 0 Å². The number of carbonyl (C=O) groups is 1. The van der Waals surface area contributed by atoms with E-state index in [-0.39, 0.29) is 19.2 Å². The first-order valence-electron chi connectivity index (χ1n) is 10.8. The Hall–Kier alpha value is -0.720. The summed E-state index contributed by atoms with van der Waals surface area (Å²) in [6.45, 7) is 6.63. The van der Waals surface area contributed by atoms with E-state index in [2.05, 4.69) is 6.58 Å². The summed E-state index contributed by atoms with van der Waals surface area (Å²) in [4.78, 5) is 22.8. The van der Waals surface area contributed by atoms with Crippen LogP contribution in [0.1, 0.15) is 71.1 Å². The second-order valence-corrected chi connectivity index (χ2v) is 9.99. The van der Waals surface area contributed by atoms with Crippen molar-refractivity contribution in [2.45, 2.75) is 71.1 Å². The number of esters is 1. The van der Waals surface area contributed by atoms with Crippen molar-refractivity contribution in [2.75, 3.05) is 47.5 Å². The molecule has 0 aromatic rings. The van der Waals surface area contributed by atoms with Crippen LogP contribution in [0.3, 0.4) is 0 Å². The normalized spacial score (nSPS) is 13.8. The summed E-state index contributed by atoms with van der Waals surface area (Å²) in [7, 11) is 1.77. The highest BCUT2D eigenvalue weighted by atomic mass is 31.2. The van der Waals surface area contributed by atoms with E-state index in [4.69, 9.17) is 13.8 Å². The number of phosphoric ester groups is 1. The molecule has 0 aliphatic carbocycles. The van der Waals surface area contributed by atoms with Crippen LogP contribution in [0.25, 0.3) is 0 Å². The predicted molar refractivity (Wildman–Crippen MR) is 114 cm³/mol. The first-order chi connectivity index (χ1) is 13.5. The van der Waals surface area contributed by atoms with Gasteiger partial charge in [0.2, 0.25) is 0 Å². The second kappa shape index (κ2) is 16.0. The van der Waals surface area contributed by atoms with E-state index in [9.17, 15) is 14.3 Å². The highest BCUT2D eigenvalue weighted by Gasteiger charge is 2.12. The molecule has 0 radical (unpaired) electrons. The largest absolute Gasteiger partial charge is 0.756 e. The lowest BCUT2D eigenvalue weighted by Gasteiger charge is -2.27. The van der Waals surface area contributed by atoms with Crippen molar-refractivity contribution >= 4 is 13.8 Å². The van der Waals surface area contributed by atoms with E-state index in [0.717, 1.165) is 44.9 Å².